The highest BCUT2D eigenvalue weighted by atomic mass is 19.1. The number of carbonyl (C=O) groups excluding carboxylic acids is 1. The summed E-state index contributed by atoms with van der Waals surface area (Å²) in [6.07, 6.45) is 4.53. The molecule has 3 nitrogen and oxygen atoms in total. The van der Waals surface area contributed by atoms with Crippen LogP contribution in [-0.4, -0.2) is 17.5 Å². The van der Waals surface area contributed by atoms with Crippen LogP contribution in [0.2, 0.25) is 0 Å². The summed E-state index contributed by atoms with van der Waals surface area (Å²) in [7, 11) is 0. The largest absolute Gasteiger partial charge is 0.322 e. The third-order valence-corrected chi connectivity index (χ3v) is 5.95. The van der Waals surface area contributed by atoms with Gasteiger partial charge in [-0.15, -0.1) is 0 Å². The highest BCUT2D eigenvalue weighted by Gasteiger charge is 2.57. The Hall–Kier alpha value is -2.36. The average Bonchev–Trinajstić information content (AvgIpc) is 2.61. The monoisotopic (exact) mass is 338 g/mol. The Labute approximate surface area is 147 Å². The van der Waals surface area contributed by atoms with Crippen LogP contribution in [0, 0.1) is 18.7 Å². The number of rotatable bonds is 2. The van der Waals surface area contributed by atoms with Crippen molar-refractivity contribution in [3.63, 3.8) is 0 Å². The number of urea groups is 1. The van der Waals surface area contributed by atoms with Crippen LogP contribution >= 0.6 is 0 Å². The zero-order valence-electron chi connectivity index (χ0n) is 14.5. The molecule has 2 aromatic carbocycles. The van der Waals surface area contributed by atoms with Gasteiger partial charge in [-0.25, -0.2) is 9.18 Å². The van der Waals surface area contributed by atoms with E-state index in [-0.39, 0.29) is 17.4 Å². The molecule has 4 heteroatoms. The lowest BCUT2D eigenvalue weighted by Crippen LogP contribution is -2.68. The first-order valence-electron chi connectivity index (χ1n) is 9.02. The van der Waals surface area contributed by atoms with Crippen molar-refractivity contribution in [2.24, 2.45) is 5.92 Å². The third kappa shape index (κ3) is 2.51. The van der Waals surface area contributed by atoms with E-state index in [1.165, 1.54) is 18.1 Å². The fourth-order valence-corrected chi connectivity index (χ4v) is 4.55. The van der Waals surface area contributed by atoms with E-state index >= 15 is 0 Å². The standard InChI is InChI=1S/C21H23FN2O/c1-15-18(22)11-7-12-19(15)23-20(25)24-14-17-10-5-6-13-21(17,24)16-8-3-2-4-9-16/h2-4,7-9,11-12,17H,5-6,10,13-14H2,1H3,(H,23,25)/t17-,21+/m0/s1. The molecule has 1 N–H and O–H groups in total. The van der Waals surface area contributed by atoms with E-state index < -0.39 is 0 Å². The molecule has 2 aliphatic rings. The van der Waals surface area contributed by atoms with Crippen LogP contribution in [-0.2, 0) is 5.54 Å². The first-order chi connectivity index (χ1) is 12.1. The van der Waals surface area contributed by atoms with Crippen LogP contribution in [0.15, 0.2) is 48.5 Å². The van der Waals surface area contributed by atoms with E-state index in [2.05, 4.69) is 17.4 Å². The van der Waals surface area contributed by atoms with E-state index in [1.807, 2.05) is 23.1 Å². The van der Waals surface area contributed by atoms with Gasteiger partial charge in [0.15, 0.2) is 0 Å². The van der Waals surface area contributed by atoms with Gasteiger partial charge in [-0.2, -0.15) is 0 Å². The smallest absolute Gasteiger partial charge is 0.314 e. The number of benzene rings is 2. The second-order valence-electron chi connectivity index (χ2n) is 7.19. The van der Waals surface area contributed by atoms with Gasteiger partial charge in [0.2, 0.25) is 0 Å². The molecule has 1 saturated heterocycles. The van der Waals surface area contributed by atoms with Gasteiger partial charge in [0.05, 0.1) is 5.54 Å². The fraction of sp³-hybridized carbons (Fsp3) is 0.381. The summed E-state index contributed by atoms with van der Waals surface area (Å²) in [5.41, 5.74) is 2.04. The lowest BCUT2D eigenvalue weighted by atomic mass is 9.62. The van der Waals surface area contributed by atoms with Crippen LogP contribution in [0.3, 0.4) is 0 Å². The lowest BCUT2D eigenvalue weighted by Gasteiger charge is -2.61. The summed E-state index contributed by atoms with van der Waals surface area (Å²) in [6.45, 7) is 2.46. The number of carbonyl (C=O) groups is 1. The minimum absolute atomic E-state index is 0.129. The predicted molar refractivity (Wildman–Crippen MR) is 96.9 cm³/mol. The first kappa shape index (κ1) is 16.1. The van der Waals surface area contributed by atoms with Crippen LogP contribution in [0.1, 0.15) is 36.8 Å². The summed E-state index contributed by atoms with van der Waals surface area (Å²) in [5.74, 6) is 0.220. The number of hydrogen-bond acceptors (Lipinski definition) is 1. The zero-order chi connectivity index (χ0) is 17.4. The Morgan fingerprint density at radius 1 is 1.16 bits per heavy atom. The van der Waals surface area contributed by atoms with Crippen LogP contribution in [0.25, 0.3) is 0 Å². The Balaban J connectivity index is 1.63. The number of anilines is 1. The van der Waals surface area contributed by atoms with E-state index in [0.29, 0.717) is 17.2 Å². The first-order valence-corrected chi connectivity index (χ1v) is 9.02. The Morgan fingerprint density at radius 2 is 1.96 bits per heavy atom. The quantitative estimate of drug-likeness (QED) is 0.815. The van der Waals surface area contributed by atoms with Gasteiger partial charge in [0, 0.05) is 23.7 Å². The minimum Gasteiger partial charge on any atom is -0.314 e. The minimum atomic E-state index is -0.297. The molecule has 1 aliphatic carbocycles. The van der Waals surface area contributed by atoms with Gasteiger partial charge in [-0.05, 0) is 37.5 Å². The Bertz CT molecular complexity index is 792. The number of nitrogens with zero attached hydrogens (tertiary/aromatic N) is 1. The molecular weight excluding hydrogens is 315 g/mol. The molecule has 0 radical (unpaired) electrons. The summed E-state index contributed by atoms with van der Waals surface area (Å²) in [4.78, 5) is 14.9. The Morgan fingerprint density at radius 3 is 2.72 bits per heavy atom. The number of hydrogen-bond donors (Lipinski definition) is 1. The second kappa shape index (κ2) is 6.17. The molecule has 2 atom stereocenters. The van der Waals surface area contributed by atoms with Crippen LogP contribution in [0.5, 0.6) is 0 Å². The summed E-state index contributed by atoms with van der Waals surface area (Å²) in [6, 6.07) is 15.0. The van der Waals surface area contributed by atoms with Crippen molar-refractivity contribution >= 4 is 11.7 Å². The topological polar surface area (TPSA) is 32.3 Å². The number of amides is 2. The summed E-state index contributed by atoms with van der Waals surface area (Å²) >= 11 is 0. The van der Waals surface area contributed by atoms with Gasteiger partial charge in [0.25, 0.3) is 0 Å². The van der Waals surface area contributed by atoms with E-state index in [1.54, 1.807) is 19.1 Å². The van der Waals surface area contributed by atoms with Crippen molar-refractivity contribution in [1.82, 2.24) is 4.90 Å². The van der Waals surface area contributed by atoms with Crippen molar-refractivity contribution in [1.29, 1.82) is 0 Å². The van der Waals surface area contributed by atoms with E-state index in [4.69, 9.17) is 0 Å². The Kier molecular flexibility index (Phi) is 3.98. The zero-order valence-corrected chi connectivity index (χ0v) is 14.5. The maximum absolute atomic E-state index is 13.8. The molecule has 0 unspecified atom stereocenters. The van der Waals surface area contributed by atoms with Gasteiger partial charge in [0.1, 0.15) is 5.82 Å². The van der Waals surface area contributed by atoms with Gasteiger partial charge < -0.3 is 10.2 Å². The number of likely N-dealkylation sites (tertiary alicyclic amines) is 1. The molecule has 1 saturated carbocycles. The van der Waals surface area contributed by atoms with Gasteiger partial charge in [-0.1, -0.05) is 49.2 Å². The SMILES string of the molecule is Cc1c(F)cccc1NC(=O)N1C[C@@H]2CCCC[C@@]21c1ccccc1. The molecular formula is C21H23FN2O. The maximum atomic E-state index is 13.8. The molecule has 25 heavy (non-hydrogen) atoms. The molecule has 2 aromatic rings. The molecule has 130 valence electrons. The highest BCUT2D eigenvalue weighted by molar-refractivity contribution is 5.91. The molecule has 0 bridgehead atoms. The number of nitrogens with one attached hydrogen (secondary N) is 1. The van der Waals surface area contributed by atoms with E-state index in [0.717, 1.165) is 25.8 Å². The van der Waals surface area contributed by atoms with E-state index in [9.17, 15) is 9.18 Å². The highest BCUT2D eigenvalue weighted by Crippen LogP contribution is 2.53. The molecule has 4 rings (SSSR count). The summed E-state index contributed by atoms with van der Waals surface area (Å²) < 4.78 is 13.8. The molecule has 2 amide bonds. The molecule has 1 aliphatic heterocycles. The third-order valence-electron chi connectivity index (χ3n) is 5.95. The van der Waals surface area contributed by atoms with Crippen molar-refractivity contribution in [2.45, 2.75) is 38.1 Å². The van der Waals surface area contributed by atoms with Gasteiger partial charge in [-0.3, -0.25) is 0 Å². The average molecular weight is 338 g/mol. The predicted octanol–water partition coefficient (Wildman–Crippen LogP) is 5.07. The van der Waals surface area contributed by atoms with Crippen molar-refractivity contribution in [3.05, 3.63) is 65.5 Å². The van der Waals surface area contributed by atoms with Gasteiger partial charge >= 0.3 is 6.03 Å². The fourth-order valence-electron chi connectivity index (χ4n) is 4.55. The molecule has 0 spiro atoms. The number of halogens is 1. The normalized spacial score (nSPS) is 25.0. The van der Waals surface area contributed by atoms with Crippen molar-refractivity contribution in [2.75, 3.05) is 11.9 Å². The number of fused-ring (bicyclic) bond motifs is 1. The molecule has 1 heterocycles. The van der Waals surface area contributed by atoms with Crippen LogP contribution in [0.4, 0.5) is 14.9 Å². The molecule has 2 fully saturated rings. The van der Waals surface area contributed by atoms with Crippen LogP contribution < -0.4 is 5.32 Å². The second-order valence-corrected chi connectivity index (χ2v) is 7.19. The molecule has 0 aromatic heterocycles. The lowest BCUT2D eigenvalue weighted by molar-refractivity contribution is -0.0756. The summed E-state index contributed by atoms with van der Waals surface area (Å²) in [5, 5.41) is 2.93. The maximum Gasteiger partial charge on any atom is 0.322 e. The van der Waals surface area contributed by atoms with Crippen molar-refractivity contribution < 1.29 is 9.18 Å². The van der Waals surface area contributed by atoms with Crippen molar-refractivity contribution in [3.8, 4) is 0 Å².